The lowest BCUT2D eigenvalue weighted by Crippen LogP contribution is -2.39. The van der Waals surface area contributed by atoms with E-state index in [-0.39, 0.29) is 30.7 Å². The van der Waals surface area contributed by atoms with Gasteiger partial charge in [0.2, 0.25) is 0 Å². The summed E-state index contributed by atoms with van der Waals surface area (Å²) in [5.74, 6) is -0.472. The molecule has 2 aromatic rings. The third-order valence-electron chi connectivity index (χ3n) is 4.01. The van der Waals surface area contributed by atoms with Gasteiger partial charge in [-0.3, -0.25) is 4.79 Å². The van der Waals surface area contributed by atoms with Crippen molar-refractivity contribution in [1.29, 1.82) is 0 Å². The molecule has 1 amide bonds. The van der Waals surface area contributed by atoms with Gasteiger partial charge in [0.1, 0.15) is 0 Å². The molecule has 1 aromatic heterocycles. The number of rotatable bonds is 5. The number of nitrogens with one attached hydrogen (secondary N) is 1. The Morgan fingerprint density at radius 2 is 1.96 bits per heavy atom. The lowest BCUT2D eigenvalue weighted by atomic mass is 10.2. The summed E-state index contributed by atoms with van der Waals surface area (Å²) in [4.78, 5) is 12.2. The Hall–Kier alpha value is -2.06. The fourth-order valence-corrected chi connectivity index (χ4v) is 2.55. The monoisotopic (exact) mass is 374 g/mol. The first-order valence-corrected chi connectivity index (χ1v) is 7.62. The van der Waals surface area contributed by atoms with Gasteiger partial charge in [0.25, 0.3) is 5.91 Å². The van der Waals surface area contributed by atoms with Crippen LogP contribution in [0.1, 0.15) is 28.9 Å². The average molecular weight is 375 g/mol. The van der Waals surface area contributed by atoms with E-state index in [1.165, 1.54) is 12.1 Å². The van der Waals surface area contributed by atoms with Crippen molar-refractivity contribution in [2.24, 2.45) is 11.7 Å². The third kappa shape index (κ3) is 4.32. The number of nitrogens with two attached hydrogens (primary N) is 1. The number of halogens is 4. The molecule has 0 aliphatic heterocycles. The van der Waals surface area contributed by atoms with E-state index >= 15 is 0 Å². The van der Waals surface area contributed by atoms with E-state index in [4.69, 9.17) is 5.73 Å². The average Bonchev–Trinajstić information content (AvgIpc) is 3.29. The molecular weight excluding hydrogens is 357 g/mol. The maximum atomic E-state index is 13.5. The lowest BCUT2D eigenvalue weighted by molar-refractivity contribution is -0.143. The van der Waals surface area contributed by atoms with Gasteiger partial charge >= 0.3 is 6.18 Å². The molecule has 1 aliphatic rings. The SMILES string of the molecule is Cl.NC(CNC(=O)c1cnn(-c2ccccc2)c1C(F)(F)F)C1CC1. The largest absolute Gasteiger partial charge is 0.434 e. The number of hydrogen-bond acceptors (Lipinski definition) is 3. The molecule has 3 rings (SSSR count). The molecule has 1 heterocycles. The normalized spacial score (nSPS) is 15.4. The van der Waals surface area contributed by atoms with Gasteiger partial charge in [-0.25, -0.2) is 4.68 Å². The molecular formula is C16H18ClF3N4O. The molecule has 1 atom stereocenters. The van der Waals surface area contributed by atoms with Gasteiger partial charge < -0.3 is 11.1 Å². The molecule has 0 bridgehead atoms. The number of hydrogen-bond donors (Lipinski definition) is 2. The molecule has 5 nitrogen and oxygen atoms in total. The van der Waals surface area contributed by atoms with Crippen LogP contribution in [-0.4, -0.2) is 28.3 Å². The molecule has 1 fully saturated rings. The first-order valence-electron chi connectivity index (χ1n) is 7.62. The Bertz CT molecular complexity index is 729. The minimum absolute atomic E-state index is 0. The number of alkyl halides is 3. The fourth-order valence-electron chi connectivity index (χ4n) is 2.55. The Balaban J connectivity index is 0.00000225. The molecule has 9 heteroatoms. The van der Waals surface area contributed by atoms with Gasteiger partial charge in [0.05, 0.1) is 17.4 Å². The zero-order valence-electron chi connectivity index (χ0n) is 13.2. The van der Waals surface area contributed by atoms with Gasteiger partial charge in [0.15, 0.2) is 5.69 Å². The summed E-state index contributed by atoms with van der Waals surface area (Å²) in [6.45, 7) is 0.150. The molecule has 25 heavy (non-hydrogen) atoms. The molecule has 0 radical (unpaired) electrons. The fraction of sp³-hybridized carbons (Fsp3) is 0.375. The zero-order chi connectivity index (χ0) is 17.3. The Morgan fingerprint density at radius 3 is 2.52 bits per heavy atom. The van der Waals surface area contributed by atoms with Crippen molar-refractivity contribution >= 4 is 18.3 Å². The van der Waals surface area contributed by atoms with E-state index in [2.05, 4.69) is 10.4 Å². The second-order valence-electron chi connectivity index (χ2n) is 5.86. The van der Waals surface area contributed by atoms with Crippen molar-refractivity contribution in [1.82, 2.24) is 15.1 Å². The predicted molar refractivity (Wildman–Crippen MR) is 88.8 cm³/mol. The highest BCUT2D eigenvalue weighted by Crippen LogP contribution is 2.34. The van der Waals surface area contributed by atoms with Crippen molar-refractivity contribution in [2.75, 3.05) is 6.54 Å². The summed E-state index contributed by atoms with van der Waals surface area (Å²) in [6.07, 6.45) is -1.78. The number of nitrogens with zero attached hydrogens (tertiary/aromatic N) is 2. The topological polar surface area (TPSA) is 72.9 Å². The van der Waals surface area contributed by atoms with Crippen LogP contribution in [0.5, 0.6) is 0 Å². The third-order valence-corrected chi connectivity index (χ3v) is 4.01. The van der Waals surface area contributed by atoms with E-state index in [9.17, 15) is 18.0 Å². The van der Waals surface area contributed by atoms with Crippen molar-refractivity contribution in [3.05, 3.63) is 47.8 Å². The standard InChI is InChI=1S/C16H17F3N4O.ClH/c17-16(18,19)14-12(15(24)21-9-13(20)10-6-7-10)8-22-23(14)11-4-2-1-3-5-11;/h1-5,8,10,13H,6-7,9,20H2,(H,21,24);1H. The van der Waals surface area contributed by atoms with Crippen LogP contribution in [0.3, 0.4) is 0 Å². The maximum absolute atomic E-state index is 13.5. The van der Waals surface area contributed by atoms with Crippen molar-refractivity contribution in [3.63, 3.8) is 0 Å². The first-order chi connectivity index (χ1) is 11.4. The number of carbonyl (C=O) groups is 1. The molecule has 1 aromatic carbocycles. The van der Waals surface area contributed by atoms with Crippen LogP contribution < -0.4 is 11.1 Å². The highest BCUT2D eigenvalue weighted by molar-refractivity contribution is 5.95. The number of carbonyl (C=O) groups excluding carboxylic acids is 1. The highest BCUT2D eigenvalue weighted by Gasteiger charge is 2.40. The molecule has 1 saturated carbocycles. The van der Waals surface area contributed by atoms with Gasteiger partial charge in [-0.1, -0.05) is 18.2 Å². The number of amides is 1. The summed E-state index contributed by atoms with van der Waals surface area (Å²) in [6, 6.07) is 7.65. The summed E-state index contributed by atoms with van der Waals surface area (Å²) in [5, 5.41) is 6.23. The number of aromatic nitrogens is 2. The Morgan fingerprint density at radius 1 is 1.32 bits per heavy atom. The second kappa shape index (κ2) is 7.45. The van der Waals surface area contributed by atoms with Crippen LogP contribution in [0.15, 0.2) is 36.5 Å². The van der Waals surface area contributed by atoms with Crippen LogP contribution >= 0.6 is 12.4 Å². The zero-order valence-corrected chi connectivity index (χ0v) is 14.0. The van der Waals surface area contributed by atoms with Gasteiger partial charge in [-0.05, 0) is 30.9 Å². The van der Waals surface area contributed by atoms with Crippen LogP contribution in [0.25, 0.3) is 5.69 Å². The van der Waals surface area contributed by atoms with E-state index in [0.717, 1.165) is 23.7 Å². The van der Waals surface area contributed by atoms with E-state index in [1.54, 1.807) is 18.2 Å². The van der Waals surface area contributed by atoms with Crippen molar-refractivity contribution in [2.45, 2.75) is 25.1 Å². The molecule has 3 N–H and O–H groups in total. The summed E-state index contributed by atoms with van der Waals surface area (Å²) in [7, 11) is 0. The van der Waals surface area contributed by atoms with Crippen LogP contribution in [0.4, 0.5) is 13.2 Å². The minimum atomic E-state index is -4.71. The van der Waals surface area contributed by atoms with E-state index in [0.29, 0.717) is 5.92 Å². The molecule has 1 aliphatic carbocycles. The van der Waals surface area contributed by atoms with Crippen molar-refractivity contribution in [3.8, 4) is 5.69 Å². The summed E-state index contributed by atoms with van der Waals surface area (Å²) < 4.78 is 41.1. The van der Waals surface area contributed by atoms with Crippen LogP contribution in [-0.2, 0) is 6.18 Å². The Labute approximate surface area is 148 Å². The number of benzene rings is 1. The van der Waals surface area contributed by atoms with Crippen molar-refractivity contribution < 1.29 is 18.0 Å². The predicted octanol–water partition coefficient (Wildman–Crippen LogP) is 2.78. The van der Waals surface area contributed by atoms with E-state index in [1.807, 2.05) is 0 Å². The quantitative estimate of drug-likeness (QED) is 0.845. The van der Waals surface area contributed by atoms with Gasteiger partial charge in [-0.15, -0.1) is 12.4 Å². The molecule has 0 saturated heterocycles. The first kappa shape index (κ1) is 19.3. The minimum Gasteiger partial charge on any atom is -0.350 e. The smallest absolute Gasteiger partial charge is 0.350 e. The second-order valence-corrected chi connectivity index (χ2v) is 5.86. The summed E-state index contributed by atoms with van der Waals surface area (Å²) in [5.41, 5.74) is 4.51. The molecule has 136 valence electrons. The lowest BCUT2D eigenvalue weighted by Gasteiger charge is -2.14. The van der Waals surface area contributed by atoms with Crippen LogP contribution in [0, 0.1) is 5.92 Å². The van der Waals surface area contributed by atoms with Gasteiger partial charge in [-0.2, -0.15) is 18.3 Å². The number of para-hydroxylation sites is 1. The van der Waals surface area contributed by atoms with Gasteiger partial charge in [0, 0.05) is 12.6 Å². The maximum Gasteiger partial charge on any atom is 0.434 e. The highest BCUT2D eigenvalue weighted by atomic mass is 35.5. The summed E-state index contributed by atoms with van der Waals surface area (Å²) >= 11 is 0. The van der Waals surface area contributed by atoms with Crippen LogP contribution in [0.2, 0.25) is 0 Å². The molecule has 0 spiro atoms. The van der Waals surface area contributed by atoms with E-state index < -0.39 is 23.3 Å². The Kier molecular flexibility index (Phi) is 5.74. The molecule has 1 unspecified atom stereocenters.